The number of carbonyl (C=O) groups is 3. The van der Waals surface area contributed by atoms with Crippen molar-refractivity contribution < 1.29 is 28.5 Å². The van der Waals surface area contributed by atoms with Crippen molar-refractivity contribution in [2.45, 2.75) is 71.5 Å². The monoisotopic (exact) mass is 488 g/mol. The highest BCUT2D eigenvalue weighted by molar-refractivity contribution is 6.73. The smallest absolute Gasteiger partial charge is 0.355 e. The van der Waals surface area contributed by atoms with Crippen molar-refractivity contribution in [2.75, 3.05) is 0 Å². The molecule has 1 aromatic rings. The van der Waals surface area contributed by atoms with Crippen LogP contribution in [0.5, 0.6) is 0 Å². The molecule has 34 heavy (non-hydrogen) atoms. The Morgan fingerprint density at radius 3 is 2.29 bits per heavy atom. The van der Waals surface area contributed by atoms with E-state index < -0.39 is 25.1 Å². The number of aldehydes is 1. The van der Waals surface area contributed by atoms with Crippen molar-refractivity contribution >= 4 is 32.2 Å². The Bertz CT molecular complexity index is 995. The van der Waals surface area contributed by atoms with Crippen LogP contribution < -0.4 is 0 Å². The van der Waals surface area contributed by atoms with Gasteiger partial charge in [0.2, 0.25) is 5.91 Å². The van der Waals surface area contributed by atoms with E-state index in [2.05, 4.69) is 20.8 Å². The zero-order valence-electron chi connectivity index (χ0n) is 20.3. The number of fused-ring (bicyclic) bond motifs is 1. The molecule has 3 rings (SSSR count). The van der Waals surface area contributed by atoms with Crippen LogP contribution in [0.3, 0.4) is 0 Å². The molecule has 0 radical (unpaired) electrons. The fraction of sp³-hybridized carbons (Fsp3) is 0.542. The van der Waals surface area contributed by atoms with Crippen molar-refractivity contribution in [1.82, 2.24) is 4.90 Å². The van der Waals surface area contributed by atoms with E-state index in [-0.39, 0.29) is 47.5 Å². The normalized spacial score (nSPS) is 22.8. The SMILES string of the molecule is CC[Si](CC)(CC)O[C@H](C)[C@H]1C(=O)N2C(C(=O)OCc3ccc([N+](=O)[O-])cc3)=C(C=O)[C@H](C)[C@H]12. The first kappa shape index (κ1) is 25.8. The predicted octanol–water partition coefficient (Wildman–Crippen LogP) is 3.98. The summed E-state index contributed by atoms with van der Waals surface area (Å²) in [4.78, 5) is 49.7. The summed E-state index contributed by atoms with van der Waals surface area (Å²) in [6.45, 7) is 10.0. The van der Waals surface area contributed by atoms with Crippen LogP contribution in [-0.4, -0.2) is 48.4 Å². The number of nitrogens with zero attached hydrogens (tertiary/aromatic N) is 2. The van der Waals surface area contributed by atoms with Crippen LogP contribution in [0, 0.1) is 22.0 Å². The van der Waals surface area contributed by atoms with E-state index >= 15 is 0 Å². The van der Waals surface area contributed by atoms with Gasteiger partial charge in [-0.05, 0) is 42.8 Å². The second kappa shape index (κ2) is 10.2. The van der Waals surface area contributed by atoms with Crippen molar-refractivity contribution in [3.8, 4) is 0 Å². The highest BCUT2D eigenvalue weighted by Gasteiger charge is 2.61. The van der Waals surface area contributed by atoms with Gasteiger partial charge in [-0.1, -0.05) is 27.7 Å². The van der Waals surface area contributed by atoms with Crippen molar-refractivity contribution in [3.05, 3.63) is 51.2 Å². The van der Waals surface area contributed by atoms with Gasteiger partial charge in [0.15, 0.2) is 8.32 Å². The Morgan fingerprint density at radius 2 is 1.79 bits per heavy atom. The second-order valence-electron chi connectivity index (χ2n) is 9.00. The summed E-state index contributed by atoms with van der Waals surface area (Å²) in [6, 6.07) is 8.22. The quantitative estimate of drug-likeness (QED) is 0.115. The fourth-order valence-corrected chi connectivity index (χ4v) is 8.06. The summed E-state index contributed by atoms with van der Waals surface area (Å²) in [5.41, 5.74) is 0.743. The van der Waals surface area contributed by atoms with Gasteiger partial charge in [-0.15, -0.1) is 0 Å². The zero-order chi connectivity index (χ0) is 25.2. The maximum atomic E-state index is 13.2. The number of carbonyl (C=O) groups excluding carboxylic acids is 3. The van der Waals surface area contributed by atoms with Gasteiger partial charge in [-0.3, -0.25) is 19.7 Å². The minimum absolute atomic E-state index is 0.00663. The molecule has 1 fully saturated rings. The molecule has 0 N–H and O–H groups in total. The molecule has 0 bridgehead atoms. The molecular weight excluding hydrogens is 456 g/mol. The lowest BCUT2D eigenvalue weighted by Gasteiger charge is -2.49. The van der Waals surface area contributed by atoms with Crippen LogP contribution in [0.25, 0.3) is 0 Å². The number of benzene rings is 1. The van der Waals surface area contributed by atoms with Gasteiger partial charge in [0, 0.05) is 23.6 Å². The topological polar surface area (TPSA) is 116 Å². The van der Waals surface area contributed by atoms with Gasteiger partial charge in [0.1, 0.15) is 18.6 Å². The maximum absolute atomic E-state index is 13.2. The third-order valence-electron chi connectivity index (χ3n) is 7.42. The van der Waals surface area contributed by atoms with Crippen molar-refractivity contribution in [3.63, 3.8) is 0 Å². The third kappa shape index (κ3) is 4.44. The summed E-state index contributed by atoms with van der Waals surface area (Å²) in [6.07, 6.45) is 0.330. The van der Waals surface area contributed by atoms with E-state index in [0.29, 0.717) is 11.8 Å². The van der Waals surface area contributed by atoms with Gasteiger partial charge in [0.05, 0.1) is 23.0 Å². The minimum atomic E-state index is -1.93. The highest BCUT2D eigenvalue weighted by Crippen LogP contribution is 2.48. The number of β-lactam (4-membered cyclic amide) rings is 1. The van der Waals surface area contributed by atoms with E-state index in [4.69, 9.17) is 9.16 Å². The molecular formula is C24H32N2O7Si. The fourth-order valence-electron chi connectivity index (χ4n) is 5.12. The summed E-state index contributed by atoms with van der Waals surface area (Å²) >= 11 is 0. The Kier molecular flexibility index (Phi) is 7.72. The Balaban J connectivity index is 1.74. The molecule has 0 unspecified atom stereocenters. The number of hydrogen-bond donors (Lipinski definition) is 0. The molecule has 10 heteroatoms. The number of nitro groups is 1. The number of nitro benzene ring substituents is 1. The summed E-state index contributed by atoms with van der Waals surface area (Å²) in [5.74, 6) is -1.71. The van der Waals surface area contributed by atoms with Crippen LogP contribution in [0.2, 0.25) is 18.1 Å². The summed E-state index contributed by atoms with van der Waals surface area (Å²) in [7, 11) is -1.93. The number of hydrogen-bond acceptors (Lipinski definition) is 7. The standard InChI is InChI=1S/C24H32N2O7Si/c1-6-34(7-2,8-3)33-16(5)20-21-15(4)19(13-27)22(25(21)23(20)28)24(29)32-14-17-9-11-18(12-10-17)26(30)31/h9-13,15-16,20-21H,6-8,14H2,1-5H3/t15-,16+,20+,21+/m0/s1. The highest BCUT2D eigenvalue weighted by atomic mass is 28.4. The molecule has 2 heterocycles. The lowest BCUT2D eigenvalue weighted by molar-refractivity contribution is -0.384. The molecule has 184 valence electrons. The van der Waals surface area contributed by atoms with Crippen molar-refractivity contribution in [1.29, 1.82) is 0 Å². The van der Waals surface area contributed by atoms with E-state index in [1.165, 1.54) is 29.2 Å². The molecule has 9 nitrogen and oxygen atoms in total. The Hall–Kier alpha value is -2.85. The van der Waals surface area contributed by atoms with Gasteiger partial charge < -0.3 is 14.1 Å². The number of esters is 1. The molecule has 2 aliphatic rings. The largest absolute Gasteiger partial charge is 0.456 e. The van der Waals surface area contributed by atoms with E-state index in [9.17, 15) is 24.5 Å². The first-order valence-corrected chi connectivity index (χ1v) is 14.3. The average molecular weight is 489 g/mol. The number of rotatable bonds is 11. The molecule has 1 saturated heterocycles. The predicted molar refractivity (Wildman–Crippen MR) is 127 cm³/mol. The molecule has 1 amide bonds. The molecule has 0 aliphatic carbocycles. The van der Waals surface area contributed by atoms with E-state index in [1.54, 1.807) is 0 Å². The van der Waals surface area contributed by atoms with Crippen molar-refractivity contribution in [2.24, 2.45) is 11.8 Å². The van der Waals surface area contributed by atoms with Crippen LogP contribution in [0.15, 0.2) is 35.5 Å². The lowest BCUT2D eigenvalue weighted by Crippen LogP contribution is -2.65. The summed E-state index contributed by atoms with van der Waals surface area (Å²) in [5, 5.41) is 10.8. The second-order valence-corrected chi connectivity index (χ2v) is 13.7. The van der Waals surface area contributed by atoms with Crippen LogP contribution in [0.1, 0.15) is 40.2 Å². The molecule has 0 aromatic heterocycles. The first-order chi connectivity index (χ1) is 16.1. The Labute approximate surface area is 200 Å². The zero-order valence-corrected chi connectivity index (χ0v) is 21.3. The van der Waals surface area contributed by atoms with E-state index in [1.807, 2.05) is 13.8 Å². The minimum Gasteiger partial charge on any atom is -0.456 e. The molecule has 0 saturated carbocycles. The Morgan fingerprint density at radius 1 is 1.21 bits per heavy atom. The van der Waals surface area contributed by atoms with E-state index in [0.717, 1.165) is 18.1 Å². The molecule has 4 atom stereocenters. The third-order valence-corrected chi connectivity index (χ3v) is 12.2. The first-order valence-electron chi connectivity index (χ1n) is 11.7. The number of non-ortho nitro benzene ring substituents is 1. The van der Waals surface area contributed by atoms with Gasteiger partial charge >= 0.3 is 5.97 Å². The lowest BCUT2D eigenvalue weighted by atomic mass is 9.78. The number of amides is 1. The van der Waals surface area contributed by atoms with Gasteiger partial charge in [0.25, 0.3) is 5.69 Å². The van der Waals surface area contributed by atoms with Gasteiger partial charge in [-0.25, -0.2) is 4.79 Å². The van der Waals surface area contributed by atoms with Crippen LogP contribution in [0.4, 0.5) is 5.69 Å². The number of ether oxygens (including phenoxy) is 1. The average Bonchev–Trinajstić information content (AvgIpc) is 3.09. The van der Waals surface area contributed by atoms with Gasteiger partial charge in [-0.2, -0.15) is 0 Å². The van der Waals surface area contributed by atoms with Crippen LogP contribution >= 0.6 is 0 Å². The molecule has 2 aliphatic heterocycles. The van der Waals surface area contributed by atoms with Crippen LogP contribution in [-0.2, 0) is 30.2 Å². The maximum Gasteiger partial charge on any atom is 0.355 e. The molecule has 0 spiro atoms. The summed E-state index contributed by atoms with van der Waals surface area (Å²) < 4.78 is 11.9. The molecule has 1 aromatic carbocycles.